The number of carbonyl (C=O) groups is 2. The van der Waals surface area contributed by atoms with Gasteiger partial charge in [-0.15, -0.1) is 0 Å². The van der Waals surface area contributed by atoms with Crippen molar-refractivity contribution in [2.75, 3.05) is 14.2 Å². The lowest BCUT2D eigenvalue weighted by Crippen LogP contribution is -2.48. The third-order valence-electron chi connectivity index (χ3n) is 4.32. The monoisotopic (exact) mass is 403 g/mol. The fraction of sp³-hybridized carbons (Fsp3) is 0.300. The summed E-state index contributed by atoms with van der Waals surface area (Å²) in [5.74, 6) is -1.45. The number of hydrogen-bond acceptors (Lipinski definition) is 6. The first-order valence-corrected chi connectivity index (χ1v) is 8.98. The first-order valence-electron chi connectivity index (χ1n) is 8.98. The molecule has 0 bridgehead atoms. The fourth-order valence-corrected chi connectivity index (χ4v) is 2.77. The lowest BCUT2D eigenvalue weighted by molar-refractivity contribution is -0.121. The van der Waals surface area contributed by atoms with Gasteiger partial charge >= 0.3 is 7.12 Å². The van der Waals surface area contributed by atoms with Gasteiger partial charge in [-0.05, 0) is 48.4 Å². The maximum atomic E-state index is 13.6. The van der Waals surface area contributed by atoms with E-state index >= 15 is 0 Å². The molecule has 0 aromatic heterocycles. The molecule has 1 amide bonds. The number of halogens is 1. The molecule has 0 aliphatic rings. The predicted octanol–water partition coefficient (Wildman–Crippen LogP) is 1.55. The molecule has 1 atom stereocenters. The molecule has 0 saturated carbocycles. The Morgan fingerprint density at radius 1 is 1.03 bits per heavy atom. The van der Waals surface area contributed by atoms with Crippen LogP contribution in [0.5, 0.6) is 11.5 Å². The van der Waals surface area contributed by atoms with Crippen LogP contribution in [0.3, 0.4) is 0 Å². The summed E-state index contributed by atoms with van der Waals surface area (Å²) in [6.45, 7) is 0. The van der Waals surface area contributed by atoms with Crippen molar-refractivity contribution >= 4 is 18.8 Å². The first kappa shape index (κ1) is 22.4. The fourth-order valence-electron chi connectivity index (χ4n) is 2.77. The molecule has 9 heteroatoms. The van der Waals surface area contributed by atoms with Gasteiger partial charge in [-0.2, -0.15) is 0 Å². The molecule has 3 N–H and O–H groups in total. The van der Waals surface area contributed by atoms with E-state index in [9.17, 15) is 24.0 Å². The molecule has 0 aliphatic carbocycles. The Balaban J connectivity index is 1.93. The lowest BCUT2D eigenvalue weighted by atomic mass is 9.75. The van der Waals surface area contributed by atoms with Gasteiger partial charge in [0.25, 0.3) is 0 Å². The van der Waals surface area contributed by atoms with Crippen LogP contribution >= 0.6 is 0 Å². The number of hydrogen-bond donors (Lipinski definition) is 3. The van der Waals surface area contributed by atoms with Gasteiger partial charge in [-0.25, -0.2) is 4.39 Å². The van der Waals surface area contributed by atoms with Crippen LogP contribution in [0.25, 0.3) is 0 Å². The SMILES string of the molecule is COc1ccc(C(=O)CCC(=O)NC(Cc2cc(F)cc(OC)c2)B(O)O)cc1. The minimum absolute atomic E-state index is 0.0239. The highest BCUT2D eigenvalue weighted by Gasteiger charge is 2.26. The van der Waals surface area contributed by atoms with Gasteiger partial charge in [0.15, 0.2) is 5.78 Å². The molecule has 0 saturated heterocycles. The molecule has 2 aromatic carbocycles. The van der Waals surface area contributed by atoms with Gasteiger partial charge in [0.1, 0.15) is 17.3 Å². The van der Waals surface area contributed by atoms with Crippen LogP contribution in [0.4, 0.5) is 4.39 Å². The standard InChI is InChI=1S/C20H23BFNO6/c1-28-16-5-3-14(4-6-16)18(24)7-8-20(25)23-19(21(26)27)11-13-9-15(22)12-17(10-13)29-2/h3-6,9-10,12,19,26-27H,7-8,11H2,1-2H3,(H,23,25). The molecule has 0 radical (unpaired) electrons. The Morgan fingerprint density at radius 2 is 1.69 bits per heavy atom. The second kappa shape index (κ2) is 10.6. The van der Waals surface area contributed by atoms with Gasteiger partial charge < -0.3 is 24.8 Å². The van der Waals surface area contributed by atoms with E-state index < -0.39 is 24.8 Å². The van der Waals surface area contributed by atoms with Crippen LogP contribution in [0.1, 0.15) is 28.8 Å². The molecule has 0 aliphatic heterocycles. The molecule has 0 fully saturated rings. The number of ether oxygens (including phenoxy) is 2. The van der Waals surface area contributed by atoms with Crippen LogP contribution in [0, 0.1) is 5.82 Å². The van der Waals surface area contributed by atoms with Crippen molar-refractivity contribution in [3.05, 3.63) is 59.4 Å². The number of ketones is 1. The van der Waals surface area contributed by atoms with Crippen molar-refractivity contribution in [3.8, 4) is 11.5 Å². The van der Waals surface area contributed by atoms with Crippen LogP contribution in [-0.2, 0) is 11.2 Å². The number of benzene rings is 2. The Morgan fingerprint density at radius 3 is 2.28 bits per heavy atom. The number of nitrogens with one attached hydrogen (secondary N) is 1. The zero-order valence-corrected chi connectivity index (χ0v) is 16.2. The smallest absolute Gasteiger partial charge is 0.475 e. The molecule has 2 rings (SSSR count). The van der Waals surface area contributed by atoms with E-state index in [2.05, 4.69) is 5.32 Å². The zero-order valence-electron chi connectivity index (χ0n) is 16.2. The van der Waals surface area contributed by atoms with Crippen LogP contribution < -0.4 is 14.8 Å². The van der Waals surface area contributed by atoms with E-state index in [-0.39, 0.29) is 30.8 Å². The van der Waals surface area contributed by atoms with Gasteiger partial charge in [0.05, 0.1) is 20.2 Å². The minimum atomic E-state index is -1.86. The highest BCUT2D eigenvalue weighted by Crippen LogP contribution is 2.18. The summed E-state index contributed by atoms with van der Waals surface area (Å²) in [4.78, 5) is 24.4. The third-order valence-corrected chi connectivity index (χ3v) is 4.32. The molecule has 0 spiro atoms. The van der Waals surface area contributed by atoms with Crippen molar-refractivity contribution in [1.29, 1.82) is 0 Å². The van der Waals surface area contributed by atoms with Crippen molar-refractivity contribution < 1.29 is 33.5 Å². The Bertz CT molecular complexity index is 843. The Kier molecular flexibility index (Phi) is 8.17. The molecule has 1 unspecified atom stereocenters. The normalized spacial score (nSPS) is 11.5. The van der Waals surface area contributed by atoms with Crippen molar-refractivity contribution in [2.45, 2.75) is 25.2 Å². The third kappa shape index (κ3) is 6.88. The maximum absolute atomic E-state index is 13.6. The second-order valence-corrected chi connectivity index (χ2v) is 6.44. The van der Waals surface area contributed by atoms with Crippen LogP contribution in [0.2, 0.25) is 0 Å². The zero-order chi connectivity index (χ0) is 21.4. The molecular weight excluding hydrogens is 380 g/mol. The Hall–Kier alpha value is -2.91. The molecule has 2 aromatic rings. The van der Waals surface area contributed by atoms with Gasteiger partial charge in [0.2, 0.25) is 5.91 Å². The first-order chi connectivity index (χ1) is 13.8. The number of rotatable bonds is 10. The van der Waals surface area contributed by atoms with Crippen LogP contribution in [-0.4, -0.2) is 49.0 Å². The van der Waals surface area contributed by atoms with Crippen molar-refractivity contribution in [3.63, 3.8) is 0 Å². The number of carbonyl (C=O) groups excluding carboxylic acids is 2. The average molecular weight is 403 g/mol. The summed E-state index contributed by atoms with van der Waals surface area (Å²) in [6, 6.07) is 10.5. The Labute approximate surface area is 168 Å². The molecule has 154 valence electrons. The summed E-state index contributed by atoms with van der Waals surface area (Å²) in [5, 5.41) is 21.6. The van der Waals surface area contributed by atoms with E-state index in [0.29, 0.717) is 16.9 Å². The van der Waals surface area contributed by atoms with Crippen molar-refractivity contribution in [2.24, 2.45) is 0 Å². The quantitative estimate of drug-likeness (QED) is 0.411. The molecular formula is C20H23BFNO6. The molecule has 7 nitrogen and oxygen atoms in total. The topological polar surface area (TPSA) is 105 Å². The predicted molar refractivity (Wildman–Crippen MR) is 105 cm³/mol. The summed E-state index contributed by atoms with van der Waals surface area (Å²) < 4.78 is 23.6. The number of methoxy groups -OCH3 is 2. The van der Waals surface area contributed by atoms with E-state index in [1.807, 2.05) is 0 Å². The summed E-state index contributed by atoms with van der Waals surface area (Å²) in [6.07, 6.45) is -0.190. The molecule has 29 heavy (non-hydrogen) atoms. The summed E-state index contributed by atoms with van der Waals surface area (Å²) in [5.41, 5.74) is 0.874. The highest BCUT2D eigenvalue weighted by molar-refractivity contribution is 6.43. The lowest BCUT2D eigenvalue weighted by Gasteiger charge is -2.18. The average Bonchev–Trinajstić information content (AvgIpc) is 2.71. The van der Waals surface area contributed by atoms with Crippen molar-refractivity contribution in [1.82, 2.24) is 5.32 Å². The largest absolute Gasteiger partial charge is 0.497 e. The van der Waals surface area contributed by atoms with E-state index in [1.54, 1.807) is 24.3 Å². The second-order valence-electron chi connectivity index (χ2n) is 6.44. The van der Waals surface area contributed by atoms with E-state index in [1.165, 1.54) is 32.4 Å². The van der Waals surface area contributed by atoms with Gasteiger partial charge in [0, 0.05) is 24.5 Å². The molecule has 0 heterocycles. The highest BCUT2D eigenvalue weighted by atomic mass is 19.1. The van der Waals surface area contributed by atoms with E-state index in [4.69, 9.17) is 9.47 Å². The van der Waals surface area contributed by atoms with Gasteiger partial charge in [-0.1, -0.05) is 0 Å². The minimum Gasteiger partial charge on any atom is -0.497 e. The van der Waals surface area contributed by atoms with Crippen LogP contribution in [0.15, 0.2) is 42.5 Å². The maximum Gasteiger partial charge on any atom is 0.475 e. The summed E-state index contributed by atoms with van der Waals surface area (Å²) >= 11 is 0. The van der Waals surface area contributed by atoms with Gasteiger partial charge in [-0.3, -0.25) is 9.59 Å². The number of amides is 1. The van der Waals surface area contributed by atoms with E-state index in [0.717, 1.165) is 0 Å². The summed E-state index contributed by atoms with van der Waals surface area (Å²) in [7, 11) is 1.05. The number of Topliss-reactive ketones (excluding diaryl/α,β-unsaturated/α-hetero) is 1.